The van der Waals surface area contributed by atoms with Crippen LogP contribution in [0.5, 0.6) is 5.75 Å². The average Bonchev–Trinajstić information content (AvgIpc) is 3.45. The first kappa shape index (κ1) is 20.5. The van der Waals surface area contributed by atoms with E-state index in [0.29, 0.717) is 19.8 Å². The molecule has 1 aromatic carbocycles. The highest BCUT2D eigenvalue weighted by molar-refractivity contribution is 5.79. The molecule has 0 unspecified atom stereocenters. The van der Waals surface area contributed by atoms with Gasteiger partial charge in [0.25, 0.3) is 0 Å². The first-order valence-corrected chi connectivity index (χ1v) is 9.52. The third-order valence-electron chi connectivity index (χ3n) is 4.22. The van der Waals surface area contributed by atoms with Crippen LogP contribution in [0, 0.1) is 0 Å². The first-order valence-electron chi connectivity index (χ1n) is 9.52. The van der Waals surface area contributed by atoms with Crippen LogP contribution in [0.2, 0.25) is 0 Å². The topological polar surface area (TPSA) is 85.8 Å². The molecule has 0 aliphatic heterocycles. The number of hydrogen-bond donors (Lipinski definition) is 2. The van der Waals surface area contributed by atoms with E-state index in [0.717, 1.165) is 41.8 Å². The van der Waals surface area contributed by atoms with Gasteiger partial charge in [0.2, 0.25) is 0 Å². The standard InChI is InChI=1S/C21H27N5O3/c1-22-21(23-11-4-13-28-16-20-5-3-14-29-20)24-15-17-10-12-26(25-17)18-6-8-19(27-2)9-7-18/h3,5-10,12,14H,4,11,13,15-16H2,1-2H3,(H2,22,23,24). The van der Waals surface area contributed by atoms with Crippen LogP contribution in [-0.4, -0.2) is 43.0 Å². The van der Waals surface area contributed by atoms with Gasteiger partial charge in [-0.15, -0.1) is 0 Å². The Hall–Kier alpha value is -3.26. The summed E-state index contributed by atoms with van der Waals surface area (Å²) in [5, 5.41) is 11.1. The smallest absolute Gasteiger partial charge is 0.191 e. The van der Waals surface area contributed by atoms with E-state index in [1.54, 1.807) is 20.4 Å². The van der Waals surface area contributed by atoms with E-state index in [1.165, 1.54) is 0 Å². The largest absolute Gasteiger partial charge is 0.497 e. The third-order valence-corrected chi connectivity index (χ3v) is 4.22. The lowest BCUT2D eigenvalue weighted by Gasteiger charge is -2.11. The second-order valence-corrected chi connectivity index (χ2v) is 6.29. The molecule has 2 N–H and O–H groups in total. The molecule has 8 heteroatoms. The zero-order valence-electron chi connectivity index (χ0n) is 16.8. The lowest BCUT2D eigenvalue weighted by Crippen LogP contribution is -2.37. The quantitative estimate of drug-likeness (QED) is 0.311. The number of methoxy groups -OCH3 is 1. The number of hydrogen-bond acceptors (Lipinski definition) is 5. The molecule has 8 nitrogen and oxygen atoms in total. The minimum Gasteiger partial charge on any atom is -0.497 e. The van der Waals surface area contributed by atoms with E-state index in [-0.39, 0.29) is 0 Å². The van der Waals surface area contributed by atoms with Crippen molar-refractivity contribution in [3.63, 3.8) is 0 Å². The second kappa shape index (κ2) is 10.9. The van der Waals surface area contributed by atoms with Crippen molar-refractivity contribution in [2.45, 2.75) is 19.6 Å². The molecule has 0 radical (unpaired) electrons. The zero-order valence-corrected chi connectivity index (χ0v) is 16.8. The van der Waals surface area contributed by atoms with E-state index in [1.807, 2.05) is 53.3 Å². The number of aliphatic imine (C=N–C) groups is 1. The van der Waals surface area contributed by atoms with Gasteiger partial charge in [0.15, 0.2) is 5.96 Å². The lowest BCUT2D eigenvalue weighted by atomic mass is 10.3. The van der Waals surface area contributed by atoms with Crippen LogP contribution >= 0.6 is 0 Å². The Morgan fingerprint density at radius 1 is 1.17 bits per heavy atom. The van der Waals surface area contributed by atoms with E-state index in [9.17, 15) is 0 Å². The fourth-order valence-electron chi connectivity index (χ4n) is 2.68. The summed E-state index contributed by atoms with van der Waals surface area (Å²) in [6.45, 7) is 2.49. The van der Waals surface area contributed by atoms with Crippen LogP contribution in [0.3, 0.4) is 0 Å². The summed E-state index contributed by atoms with van der Waals surface area (Å²) in [6.07, 6.45) is 4.45. The zero-order chi connectivity index (χ0) is 20.3. The maximum atomic E-state index is 5.57. The fourth-order valence-corrected chi connectivity index (χ4v) is 2.68. The summed E-state index contributed by atoms with van der Waals surface area (Å²) >= 11 is 0. The van der Waals surface area contributed by atoms with Crippen molar-refractivity contribution in [3.8, 4) is 11.4 Å². The van der Waals surface area contributed by atoms with E-state index in [2.05, 4.69) is 20.7 Å². The number of ether oxygens (including phenoxy) is 2. The fraction of sp³-hybridized carbons (Fsp3) is 0.333. The number of rotatable bonds is 10. The van der Waals surface area contributed by atoms with Gasteiger partial charge in [-0.1, -0.05) is 0 Å². The van der Waals surface area contributed by atoms with Gasteiger partial charge in [-0.2, -0.15) is 5.10 Å². The third kappa shape index (κ3) is 6.39. The van der Waals surface area contributed by atoms with Crippen molar-refractivity contribution in [1.29, 1.82) is 0 Å². The van der Waals surface area contributed by atoms with Gasteiger partial charge in [-0.05, 0) is 48.9 Å². The summed E-state index contributed by atoms with van der Waals surface area (Å²) in [6, 6.07) is 13.5. The monoisotopic (exact) mass is 397 g/mol. The molecule has 0 amide bonds. The molecule has 3 rings (SSSR count). The minimum atomic E-state index is 0.497. The van der Waals surface area contributed by atoms with Gasteiger partial charge >= 0.3 is 0 Å². The summed E-state index contributed by atoms with van der Waals surface area (Å²) in [5.74, 6) is 2.39. The number of furan rings is 1. The van der Waals surface area contributed by atoms with Gasteiger partial charge in [0.1, 0.15) is 18.1 Å². The van der Waals surface area contributed by atoms with Crippen molar-refractivity contribution >= 4 is 5.96 Å². The van der Waals surface area contributed by atoms with Crippen molar-refractivity contribution in [1.82, 2.24) is 20.4 Å². The van der Waals surface area contributed by atoms with Gasteiger partial charge < -0.3 is 24.5 Å². The maximum Gasteiger partial charge on any atom is 0.191 e. The molecule has 3 aromatic rings. The van der Waals surface area contributed by atoms with Crippen LogP contribution in [0.4, 0.5) is 0 Å². The van der Waals surface area contributed by atoms with Crippen molar-refractivity contribution in [3.05, 3.63) is 66.4 Å². The summed E-state index contributed by atoms with van der Waals surface area (Å²) in [5.41, 5.74) is 1.90. The molecule has 0 saturated heterocycles. The Bertz CT molecular complexity index is 872. The predicted molar refractivity (Wildman–Crippen MR) is 111 cm³/mol. The summed E-state index contributed by atoms with van der Waals surface area (Å²) in [4.78, 5) is 4.24. The minimum absolute atomic E-state index is 0.497. The molecule has 0 bridgehead atoms. The molecular weight excluding hydrogens is 370 g/mol. The number of nitrogens with zero attached hydrogens (tertiary/aromatic N) is 3. The Morgan fingerprint density at radius 3 is 2.76 bits per heavy atom. The van der Waals surface area contributed by atoms with Crippen molar-refractivity contribution in [2.24, 2.45) is 4.99 Å². The van der Waals surface area contributed by atoms with E-state index < -0.39 is 0 Å². The van der Waals surface area contributed by atoms with Gasteiger partial charge in [-0.25, -0.2) is 4.68 Å². The van der Waals surface area contributed by atoms with E-state index in [4.69, 9.17) is 13.9 Å². The molecule has 2 heterocycles. The number of guanidine groups is 1. The van der Waals surface area contributed by atoms with Crippen LogP contribution in [0.25, 0.3) is 5.69 Å². The van der Waals surface area contributed by atoms with Gasteiger partial charge in [-0.3, -0.25) is 4.99 Å². The highest BCUT2D eigenvalue weighted by Crippen LogP contribution is 2.14. The number of aromatic nitrogens is 2. The molecular formula is C21H27N5O3. The molecule has 0 aliphatic carbocycles. The molecule has 2 aromatic heterocycles. The summed E-state index contributed by atoms with van der Waals surface area (Å²) in [7, 11) is 3.40. The van der Waals surface area contributed by atoms with Crippen LogP contribution in [0.15, 0.2) is 64.3 Å². The average molecular weight is 397 g/mol. The summed E-state index contributed by atoms with van der Waals surface area (Å²) < 4.78 is 17.8. The Balaban J connectivity index is 1.36. The van der Waals surface area contributed by atoms with Crippen molar-refractivity contribution < 1.29 is 13.9 Å². The molecule has 0 spiro atoms. The molecule has 154 valence electrons. The molecule has 29 heavy (non-hydrogen) atoms. The Labute approximate surface area is 170 Å². The second-order valence-electron chi connectivity index (χ2n) is 6.29. The molecule has 0 aliphatic rings. The molecule has 0 fully saturated rings. The Kier molecular flexibility index (Phi) is 7.71. The van der Waals surface area contributed by atoms with Crippen LogP contribution in [-0.2, 0) is 17.9 Å². The highest BCUT2D eigenvalue weighted by Gasteiger charge is 2.04. The number of nitrogens with one attached hydrogen (secondary N) is 2. The normalized spacial score (nSPS) is 11.4. The maximum absolute atomic E-state index is 5.57. The van der Waals surface area contributed by atoms with Gasteiger partial charge in [0, 0.05) is 26.4 Å². The van der Waals surface area contributed by atoms with Gasteiger partial charge in [0.05, 0.1) is 31.3 Å². The van der Waals surface area contributed by atoms with Crippen molar-refractivity contribution in [2.75, 3.05) is 27.3 Å². The number of benzene rings is 1. The predicted octanol–water partition coefficient (Wildman–Crippen LogP) is 2.75. The lowest BCUT2D eigenvalue weighted by molar-refractivity contribution is 0.105. The molecule has 0 atom stereocenters. The first-order chi connectivity index (χ1) is 14.3. The van der Waals surface area contributed by atoms with Crippen LogP contribution in [0.1, 0.15) is 17.9 Å². The molecule has 0 saturated carbocycles. The SMILES string of the molecule is CN=C(NCCCOCc1ccco1)NCc1ccn(-c2ccc(OC)cc2)n1. The van der Waals surface area contributed by atoms with E-state index >= 15 is 0 Å². The van der Waals surface area contributed by atoms with Crippen LogP contribution < -0.4 is 15.4 Å². The highest BCUT2D eigenvalue weighted by atomic mass is 16.5. The Morgan fingerprint density at radius 2 is 2.03 bits per heavy atom.